The van der Waals surface area contributed by atoms with Gasteiger partial charge >= 0.3 is 5.97 Å². The molecule has 1 fully saturated rings. The Labute approximate surface area is 175 Å². The monoisotopic (exact) mass is 417 g/mol. The zero-order valence-corrected chi connectivity index (χ0v) is 17.3. The first-order chi connectivity index (χ1) is 14.0. The fourth-order valence-electron chi connectivity index (χ4n) is 3.29. The SMILES string of the molecule is CCOc1c(Cl)cc(C(=O)O[C@H](C(=O)N2CCCC2)c2ccccc2)cc1OC. The number of halogens is 1. The van der Waals surface area contributed by atoms with Gasteiger partial charge in [-0.2, -0.15) is 0 Å². The smallest absolute Gasteiger partial charge is 0.339 e. The number of esters is 1. The normalized spacial score (nSPS) is 14.4. The number of carbonyl (C=O) groups is 2. The molecule has 0 saturated carbocycles. The predicted molar refractivity (Wildman–Crippen MR) is 110 cm³/mol. The lowest BCUT2D eigenvalue weighted by Gasteiger charge is -2.23. The van der Waals surface area contributed by atoms with Crippen LogP contribution in [0.5, 0.6) is 11.5 Å². The quantitative estimate of drug-likeness (QED) is 0.629. The predicted octanol–water partition coefficient (Wildman–Crippen LogP) is 4.27. The van der Waals surface area contributed by atoms with E-state index in [4.69, 9.17) is 25.8 Å². The van der Waals surface area contributed by atoms with E-state index < -0.39 is 12.1 Å². The Morgan fingerprint density at radius 2 is 1.83 bits per heavy atom. The third kappa shape index (κ3) is 4.82. The lowest BCUT2D eigenvalue weighted by molar-refractivity contribution is -0.140. The average Bonchev–Trinajstić information content (AvgIpc) is 3.28. The van der Waals surface area contributed by atoms with E-state index in [1.165, 1.54) is 19.2 Å². The molecule has 3 rings (SSSR count). The first-order valence-corrected chi connectivity index (χ1v) is 9.98. The lowest BCUT2D eigenvalue weighted by atomic mass is 10.1. The Balaban J connectivity index is 1.88. The van der Waals surface area contributed by atoms with Gasteiger partial charge in [-0.15, -0.1) is 0 Å². The number of rotatable bonds is 7. The highest BCUT2D eigenvalue weighted by atomic mass is 35.5. The van der Waals surface area contributed by atoms with Crippen LogP contribution < -0.4 is 9.47 Å². The van der Waals surface area contributed by atoms with Crippen LogP contribution in [-0.4, -0.2) is 43.6 Å². The van der Waals surface area contributed by atoms with Crippen LogP contribution in [0, 0.1) is 0 Å². The number of carbonyl (C=O) groups excluding carboxylic acids is 2. The van der Waals surface area contributed by atoms with E-state index in [0.717, 1.165) is 12.8 Å². The summed E-state index contributed by atoms with van der Waals surface area (Å²) >= 11 is 6.27. The number of amides is 1. The number of methoxy groups -OCH3 is 1. The number of likely N-dealkylation sites (tertiary alicyclic amines) is 1. The van der Waals surface area contributed by atoms with Crippen molar-refractivity contribution >= 4 is 23.5 Å². The zero-order valence-electron chi connectivity index (χ0n) is 16.5. The van der Waals surface area contributed by atoms with Gasteiger partial charge in [-0.05, 0) is 31.9 Å². The van der Waals surface area contributed by atoms with Crippen molar-refractivity contribution in [1.82, 2.24) is 4.90 Å². The molecule has 29 heavy (non-hydrogen) atoms. The summed E-state index contributed by atoms with van der Waals surface area (Å²) in [6.45, 7) is 3.57. The molecule has 2 aromatic rings. The molecule has 6 nitrogen and oxygen atoms in total. The van der Waals surface area contributed by atoms with Gasteiger partial charge in [0.2, 0.25) is 6.10 Å². The van der Waals surface area contributed by atoms with Crippen LogP contribution in [0.4, 0.5) is 0 Å². The molecule has 1 saturated heterocycles. The van der Waals surface area contributed by atoms with Crippen molar-refractivity contribution in [2.24, 2.45) is 0 Å². The third-order valence-corrected chi connectivity index (χ3v) is 5.00. The van der Waals surface area contributed by atoms with Gasteiger partial charge in [-0.3, -0.25) is 4.79 Å². The average molecular weight is 418 g/mol. The molecule has 1 atom stereocenters. The summed E-state index contributed by atoms with van der Waals surface area (Å²) in [5.41, 5.74) is 0.812. The molecule has 1 heterocycles. The topological polar surface area (TPSA) is 65.1 Å². The molecule has 0 unspecified atom stereocenters. The maximum atomic E-state index is 13.0. The van der Waals surface area contributed by atoms with Crippen molar-refractivity contribution in [1.29, 1.82) is 0 Å². The first kappa shape index (κ1) is 21.0. The summed E-state index contributed by atoms with van der Waals surface area (Å²) in [6, 6.07) is 12.0. The van der Waals surface area contributed by atoms with Gasteiger partial charge in [0, 0.05) is 18.7 Å². The lowest BCUT2D eigenvalue weighted by Crippen LogP contribution is -2.34. The van der Waals surface area contributed by atoms with Crippen LogP contribution in [0.15, 0.2) is 42.5 Å². The van der Waals surface area contributed by atoms with Crippen molar-refractivity contribution in [3.63, 3.8) is 0 Å². The fraction of sp³-hybridized carbons (Fsp3) is 0.364. The molecule has 0 spiro atoms. The van der Waals surface area contributed by atoms with E-state index in [-0.39, 0.29) is 16.5 Å². The second-order valence-corrected chi connectivity index (χ2v) is 7.06. The molecule has 154 valence electrons. The zero-order chi connectivity index (χ0) is 20.8. The summed E-state index contributed by atoms with van der Waals surface area (Å²) in [5.74, 6) is -0.185. The van der Waals surface area contributed by atoms with Crippen LogP contribution >= 0.6 is 11.6 Å². The van der Waals surface area contributed by atoms with E-state index in [1.807, 2.05) is 25.1 Å². The van der Waals surface area contributed by atoms with Crippen LogP contribution in [0.3, 0.4) is 0 Å². The summed E-state index contributed by atoms with van der Waals surface area (Å²) < 4.78 is 16.4. The van der Waals surface area contributed by atoms with Gasteiger partial charge in [0.1, 0.15) is 0 Å². The molecule has 1 amide bonds. The van der Waals surface area contributed by atoms with E-state index in [9.17, 15) is 9.59 Å². The van der Waals surface area contributed by atoms with Crippen molar-refractivity contribution in [3.8, 4) is 11.5 Å². The Morgan fingerprint density at radius 3 is 2.45 bits per heavy atom. The van der Waals surface area contributed by atoms with Crippen LogP contribution in [0.1, 0.15) is 41.8 Å². The van der Waals surface area contributed by atoms with Gasteiger partial charge in [0.25, 0.3) is 5.91 Å². The fourth-order valence-corrected chi connectivity index (χ4v) is 3.55. The van der Waals surface area contributed by atoms with E-state index >= 15 is 0 Å². The summed E-state index contributed by atoms with van der Waals surface area (Å²) in [5, 5.41) is 0.236. The van der Waals surface area contributed by atoms with E-state index in [2.05, 4.69) is 0 Å². The number of hydrogen-bond acceptors (Lipinski definition) is 5. The van der Waals surface area contributed by atoms with E-state index in [0.29, 0.717) is 36.8 Å². The summed E-state index contributed by atoms with van der Waals surface area (Å²) in [7, 11) is 1.47. The molecular formula is C22H24ClNO5. The Morgan fingerprint density at radius 1 is 1.14 bits per heavy atom. The van der Waals surface area contributed by atoms with Crippen molar-refractivity contribution < 1.29 is 23.8 Å². The number of ether oxygens (including phenoxy) is 3. The molecule has 0 aromatic heterocycles. The van der Waals surface area contributed by atoms with Crippen LogP contribution in [0.25, 0.3) is 0 Å². The number of benzene rings is 2. The minimum Gasteiger partial charge on any atom is -0.493 e. The maximum absolute atomic E-state index is 13.0. The first-order valence-electron chi connectivity index (χ1n) is 9.60. The van der Waals surface area contributed by atoms with Crippen LogP contribution in [-0.2, 0) is 9.53 Å². The van der Waals surface area contributed by atoms with Crippen molar-refractivity contribution in [2.75, 3.05) is 26.8 Å². The minimum atomic E-state index is -1.02. The molecule has 0 radical (unpaired) electrons. The summed E-state index contributed by atoms with van der Waals surface area (Å²) in [4.78, 5) is 27.6. The highest BCUT2D eigenvalue weighted by Gasteiger charge is 2.31. The Hall–Kier alpha value is -2.73. The molecule has 1 aliphatic heterocycles. The molecule has 0 N–H and O–H groups in total. The molecule has 1 aliphatic rings. The third-order valence-electron chi connectivity index (χ3n) is 4.72. The molecular weight excluding hydrogens is 394 g/mol. The molecule has 7 heteroatoms. The van der Waals surface area contributed by atoms with Crippen molar-refractivity contribution in [3.05, 3.63) is 58.6 Å². The van der Waals surface area contributed by atoms with Gasteiger partial charge in [0.05, 0.1) is 24.3 Å². The molecule has 2 aromatic carbocycles. The van der Waals surface area contributed by atoms with Crippen LogP contribution in [0.2, 0.25) is 5.02 Å². The standard InChI is InChI=1S/C22H24ClNO5/c1-3-28-20-17(23)13-16(14-18(20)27-2)22(26)29-19(15-9-5-4-6-10-15)21(25)24-11-7-8-12-24/h4-6,9-10,13-14,19H,3,7-8,11-12H2,1-2H3/t19-/m0/s1. The minimum absolute atomic E-state index is 0.186. The Kier molecular flexibility index (Phi) is 6.99. The number of nitrogens with zero attached hydrogens (tertiary/aromatic N) is 1. The largest absolute Gasteiger partial charge is 0.493 e. The van der Waals surface area contributed by atoms with Crippen molar-refractivity contribution in [2.45, 2.75) is 25.9 Å². The van der Waals surface area contributed by atoms with Gasteiger partial charge < -0.3 is 19.1 Å². The molecule has 0 bridgehead atoms. The Bertz CT molecular complexity index is 865. The second-order valence-electron chi connectivity index (χ2n) is 6.65. The number of hydrogen-bond donors (Lipinski definition) is 0. The van der Waals surface area contributed by atoms with Gasteiger partial charge in [-0.1, -0.05) is 41.9 Å². The van der Waals surface area contributed by atoms with Gasteiger partial charge in [0.15, 0.2) is 11.5 Å². The van der Waals surface area contributed by atoms with Gasteiger partial charge in [-0.25, -0.2) is 4.79 Å². The van der Waals surface area contributed by atoms with E-state index in [1.54, 1.807) is 17.0 Å². The maximum Gasteiger partial charge on any atom is 0.339 e. The highest BCUT2D eigenvalue weighted by Crippen LogP contribution is 2.37. The highest BCUT2D eigenvalue weighted by molar-refractivity contribution is 6.32. The molecule has 0 aliphatic carbocycles. The second kappa shape index (κ2) is 9.65. The summed E-state index contributed by atoms with van der Waals surface area (Å²) in [6.07, 6.45) is 0.887.